The lowest BCUT2D eigenvalue weighted by Crippen LogP contribution is -2.48. The van der Waals surface area contributed by atoms with Crippen molar-refractivity contribution in [1.29, 1.82) is 0 Å². The van der Waals surface area contributed by atoms with Crippen LogP contribution in [0.3, 0.4) is 0 Å². The predicted octanol–water partition coefficient (Wildman–Crippen LogP) is 1.99. The SMILES string of the molecule is CC(C)(C)N(CC(=O)O)C(=O)c1cc(Cl)c[nH]1. The van der Waals surface area contributed by atoms with Crippen molar-refractivity contribution in [2.24, 2.45) is 0 Å². The summed E-state index contributed by atoms with van der Waals surface area (Å²) >= 11 is 5.71. The molecule has 5 nitrogen and oxygen atoms in total. The van der Waals surface area contributed by atoms with E-state index in [1.807, 2.05) is 0 Å². The van der Waals surface area contributed by atoms with Crippen molar-refractivity contribution in [2.75, 3.05) is 6.54 Å². The molecule has 1 rings (SSSR count). The largest absolute Gasteiger partial charge is 0.480 e. The fraction of sp³-hybridized carbons (Fsp3) is 0.455. The fourth-order valence-electron chi connectivity index (χ4n) is 1.39. The third-order valence-corrected chi connectivity index (χ3v) is 2.44. The van der Waals surface area contributed by atoms with Crippen molar-refractivity contribution in [3.8, 4) is 0 Å². The molecule has 1 aromatic rings. The van der Waals surface area contributed by atoms with Gasteiger partial charge in [-0.05, 0) is 26.8 Å². The molecule has 94 valence electrons. The van der Waals surface area contributed by atoms with E-state index in [0.29, 0.717) is 5.02 Å². The van der Waals surface area contributed by atoms with E-state index in [2.05, 4.69) is 4.98 Å². The van der Waals surface area contributed by atoms with Crippen LogP contribution in [0.15, 0.2) is 12.3 Å². The molecule has 0 aliphatic heterocycles. The molecule has 0 aliphatic carbocycles. The van der Waals surface area contributed by atoms with Crippen molar-refractivity contribution in [3.05, 3.63) is 23.0 Å². The van der Waals surface area contributed by atoms with Gasteiger partial charge in [0.1, 0.15) is 12.2 Å². The number of carboxylic acids is 1. The van der Waals surface area contributed by atoms with Gasteiger partial charge in [-0.25, -0.2) is 0 Å². The first kappa shape index (κ1) is 13.6. The minimum absolute atomic E-state index is 0.283. The molecule has 0 aliphatic rings. The normalized spacial score (nSPS) is 11.3. The number of carboxylic acid groups (broad SMARTS) is 1. The van der Waals surface area contributed by atoms with Gasteiger partial charge in [-0.1, -0.05) is 11.6 Å². The summed E-state index contributed by atoms with van der Waals surface area (Å²) in [7, 11) is 0. The molecule has 0 saturated carbocycles. The van der Waals surface area contributed by atoms with Gasteiger partial charge in [0, 0.05) is 11.7 Å². The molecule has 2 N–H and O–H groups in total. The zero-order valence-electron chi connectivity index (χ0n) is 9.95. The number of hydrogen-bond donors (Lipinski definition) is 2. The highest BCUT2D eigenvalue weighted by atomic mass is 35.5. The number of aliphatic carboxylic acids is 1. The Morgan fingerprint density at radius 1 is 1.47 bits per heavy atom. The highest BCUT2D eigenvalue weighted by molar-refractivity contribution is 6.30. The molecule has 0 fully saturated rings. The van der Waals surface area contributed by atoms with Crippen LogP contribution in [0.25, 0.3) is 0 Å². The van der Waals surface area contributed by atoms with E-state index in [0.717, 1.165) is 0 Å². The number of aromatic nitrogens is 1. The van der Waals surface area contributed by atoms with E-state index in [1.165, 1.54) is 17.2 Å². The van der Waals surface area contributed by atoms with E-state index in [-0.39, 0.29) is 18.1 Å². The third-order valence-electron chi connectivity index (χ3n) is 2.23. The van der Waals surface area contributed by atoms with Crippen molar-refractivity contribution in [1.82, 2.24) is 9.88 Å². The summed E-state index contributed by atoms with van der Waals surface area (Å²) in [5.41, 5.74) is -0.293. The Hall–Kier alpha value is -1.49. The maximum Gasteiger partial charge on any atom is 0.323 e. The number of carbonyl (C=O) groups excluding carboxylic acids is 1. The van der Waals surface area contributed by atoms with Gasteiger partial charge in [0.15, 0.2) is 0 Å². The Morgan fingerprint density at radius 2 is 2.06 bits per heavy atom. The number of amides is 1. The van der Waals surface area contributed by atoms with Crippen LogP contribution in [0.4, 0.5) is 0 Å². The Labute approximate surface area is 104 Å². The van der Waals surface area contributed by atoms with Crippen LogP contribution in [-0.2, 0) is 4.79 Å². The van der Waals surface area contributed by atoms with Crippen LogP contribution in [0.2, 0.25) is 5.02 Å². The molecule has 1 amide bonds. The molecule has 6 heteroatoms. The first-order chi connectivity index (χ1) is 7.71. The molecular formula is C11H15ClN2O3. The molecule has 1 heterocycles. The molecule has 0 aromatic carbocycles. The Kier molecular flexibility index (Phi) is 3.83. The molecule has 0 bridgehead atoms. The Morgan fingerprint density at radius 3 is 2.41 bits per heavy atom. The number of H-pyrrole nitrogens is 1. The second-order valence-electron chi connectivity index (χ2n) is 4.69. The Bertz CT molecular complexity index is 434. The topological polar surface area (TPSA) is 73.4 Å². The van der Waals surface area contributed by atoms with Gasteiger partial charge in [-0.3, -0.25) is 9.59 Å². The molecule has 1 aromatic heterocycles. The minimum atomic E-state index is -1.05. The lowest BCUT2D eigenvalue weighted by Gasteiger charge is -2.34. The van der Waals surface area contributed by atoms with E-state index < -0.39 is 11.5 Å². The summed E-state index contributed by atoms with van der Waals surface area (Å²) in [4.78, 5) is 26.9. The number of halogens is 1. The quantitative estimate of drug-likeness (QED) is 0.871. The average Bonchev–Trinajstić information content (AvgIpc) is 2.58. The van der Waals surface area contributed by atoms with Gasteiger partial charge in [0.25, 0.3) is 5.91 Å². The van der Waals surface area contributed by atoms with Gasteiger partial charge in [-0.2, -0.15) is 0 Å². The van der Waals surface area contributed by atoms with Gasteiger partial charge in [0.05, 0.1) is 5.02 Å². The van der Waals surface area contributed by atoms with Crippen LogP contribution >= 0.6 is 11.6 Å². The summed E-state index contributed by atoms with van der Waals surface area (Å²) in [6.07, 6.45) is 1.48. The number of nitrogens with zero attached hydrogens (tertiary/aromatic N) is 1. The maximum absolute atomic E-state index is 12.1. The maximum atomic E-state index is 12.1. The van der Waals surface area contributed by atoms with E-state index >= 15 is 0 Å². The van der Waals surface area contributed by atoms with Crippen LogP contribution in [0.1, 0.15) is 31.3 Å². The second-order valence-corrected chi connectivity index (χ2v) is 5.12. The number of rotatable bonds is 3. The highest BCUT2D eigenvalue weighted by Gasteiger charge is 2.29. The monoisotopic (exact) mass is 258 g/mol. The summed E-state index contributed by atoms with van der Waals surface area (Å²) < 4.78 is 0. The number of nitrogens with one attached hydrogen (secondary N) is 1. The predicted molar refractivity (Wildman–Crippen MR) is 64.2 cm³/mol. The highest BCUT2D eigenvalue weighted by Crippen LogP contribution is 2.18. The van der Waals surface area contributed by atoms with Gasteiger partial charge in [-0.15, -0.1) is 0 Å². The summed E-state index contributed by atoms with van der Waals surface area (Å²) in [5, 5.41) is 9.23. The number of aromatic amines is 1. The smallest absolute Gasteiger partial charge is 0.323 e. The molecule has 17 heavy (non-hydrogen) atoms. The molecule has 0 unspecified atom stereocenters. The van der Waals surface area contributed by atoms with E-state index in [4.69, 9.17) is 16.7 Å². The molecule has 0 saturated heterocycles. The summed E-state index contributed by atoms with van der Waals surface area (Å²) in [6, 6.07) is 1.48. The fourth-order valence-corrected chi connectivity index (χ4v) is 1.55. The van der Waals surface area contributed by atoms with Crippen molar-refractivity contribution >= 4 is 23.5 Å². The molecule has 0 radical (unpaired) electrons. The first-order valence-corrected chi connectivity index (χ1v) is 5.47. The van der Waals surface area contributed by atoms with E-state index in [1.54, 1.807) is 20.8 Å². The molecular weight excluding hydrogens is 244 g/mol. The first-order valence-electron chi connectivity index (χ1n) is 5.09. The minimum Gasteiger partial charge on any atom is -0.480 e. The lowest BCUT2D eigenvalue weighted by molar-refractivity contribution is -0.138. The van der Waals surface area contributed by atoms with Crippen molar-refractivity contribution in [2.45, 2.75) is 26.3 Å². The molecule has 0 atom stereocenters. The zero-order valence-corrected chi connectivity index (χ0v) is 10.7. The summed E-state index contributed by atoms with van der Waals surface area (Å²) in [6.45, 7) is 4.98. The van der Waals surface area contributed by atoms with Gasteiger partial charge < -0.3 is 15.0 Å². The standard InChI is InChI=1S/C11H15ClN2O3/c1-11(2,3)14(6-9(15)16)10(17)8-4-7(12)5-13-8/h4-5,13H,6H2,1-3H3,(H,15,16). The second kappa shape index (κ2) is 4.79. The third kappa shape index (κ3) is 3.49. The molecule has 0 spiro atoms. The van der Waals surface area contributed by atoms with Crippen molar-refractivity contribution in [3.63, 3.8) is 0 Å². The van der Waals surface area contributed by atoms with Crippen LogP contribution in [-0.4, -0.2) is 39.0 Å². The zero-order chi connectivity index (χ0) is 13.2. The van der Waals surface area contributed by atoms with Crippen LogP contribution in [0.5, 0.6) is 0 Å². The number of hydrogen-bond acceptors (Lipinski definition) is 2. The van der Waals surface area contributed by atoms with Crippen molar-refractivity contribution < 1.29 is 14.7 Å². The lowest BCUT2D eigenvalue weighted by atomic mass is 10.1. The van der Waals surface area contributed by atoms with Crippen LogP contribution in [0, 0.1) is 0 Å². The Balaban J connectivity index is 2.99. The van der Waals surface area contributed by atoms with Gasteiger partial charge in [0.2, 0.25) is 0 Å². The summed E-state index contributed by atoms with van der Waals surface area (Å²) in [5.74, 6) is -1.43. The number of carbonyl (C=O) groups is 2. The van der Waals surface area contributed by atoms with E-state index in [9.17, 15) is 9.59 Å². The van der Waals surface area contributed by atoms with Crippen LogP contribution < -0.4 is 0 Å². The average molecular weight is 259 g/mol. The van der Waals surface area contributed by atoms with Gasteiger partial charge >= 0.3 is 5.97 Å².